The van der Waals surface area contributed by atoms with Crippen LogP contribution in [0.3, 0.4) is 0 Å². The SMILES string of the molecule is O=C(NCCCOc1ccc(F)cc1)c1ccc(=O)[nH]c1. The Morgan fingerprint density at radius 1 is 1.19 bits per heavy atom. The Balaban J connectivity index is 1.67. The van der Waals surface area contributed by atoms with E-state index in [9.17, 15) is 14.0 Å². The van der Waals surface area contributed by atoms with Gasteiger partial charge in [0, 0.05) is 18.8 Å². The zero-order valence-corrected chi connectivity index (χ0v) is 11.3. The molecular weight excluding hydrogens is 275 g/mol. The van der Waals surface area contributed by atoms with E-state index in [0.29, 0.717) is 30.9 Å². The molecule has 2 rings (SSSR count). The molecule has 0 saturated carbocycles. The average molecular weight is 290 g/mol. The molecule has 110 valence electrons. The van der Waals surface area contributed by atoms with Crippen LogP contribution in [-0.2, 0) is 0 Å². The number of hydrogen-bond acceptors (Lipinski definition) is 3. The van der Waals surface area contributed by atoms with Crippen molar-refractivity contribution in [2.75, 3.05) is 13.2 Å². The first-order valence-electron chi connectivity index (χ1n) is 6.50. The largest absolute Gasteiger partial charge is 0.494 e. The summed E-state index contributed by atoms with van der Waals surface area (Å²) in [7, 11) is 0. The third-order valence-electron chi connectivity index (χ3n) is 2.74. The highest BCUT2D eigenvalue weighted by atomic mass is 19.1. The number of benzene rings is 1. The van der Waals surface area contributed by atoms with Crippen LogP contribution in [0.1, 0.15) is 16.8 Å². The van der Waals surface area contributed by atoms with Crippen LogP contribution in [0.4, 0.5) is 4.39 Å². The lowest BCUT2D eigenvalue weighted by Crippen LogP contribution is -2.26. The van der Waals surface area contributed by atoms with Crippen molar-refractivity contribution >= 4 is 5.91 Å². The van der Waals surface area contributed by atoms with Crippen molar-refractivity contribution in [2.24, 2.45) is 0 Å². The summed E-state index contributed by atoms with van der Waals surface area (Å²) in [6, 6.07) is 8.51. The lowest BCUT2D eigenvalue weighted by atomic mass is 10.2. The summed E-state index contributed by atoms with van der Waals surface area (Å²) in [6.07, 6.45) is 1.99. The second kappa shape index (κ2) is 7.23. The third kappa shape index (κ3) is 4.76. The molecule has 1 heterocycles. The summed E-state index contributed by atoms with van der Waals surface area (Å²) in [5.74, 6) is 0.0203. The van der Waals surface area contributed by atoms with Crippen molar-refractivity contribution in [3.05, 3.63) is 64.3 Å². The van der Waals surface area contributed by atoms with Crippen LogP contribution in [0.2, 0.25) is 0 Å². The van der Waals surface area contributed by atoms with Crippen molar-refractivity contribution < 1.29 is 13.9 Å². The fourth-order valence-electron chi connectivity index (χ4n) is 1.65. The van der Waals surface area contributed by atoms with E-state index in [1.807, 2.05) is 0 Å². The van der Waals surface area contributed by atoms with Gasteiger partial charge in [0.2, 0.25) is 5.56 Å². The number of hydrogen-bond donors (Lipinski definition) is 2. The second-order valence-corrected chi connectivity index (χ2v) is 4.35. The number of nitrogens with one attached hydrogen (secondary N) is 2. The Morgan fingerprint density at radius 3 is 2.62 bits per heavy atom. The molecule has 1 amide bonds. The first-order valence-corrected chi connectivity index (χ1v) is 6.50. The highest BCUT2D eigenvalue weighted by Gasteiger charge is 2.04. The maximum absolute atomic E-state index is 12.7. The van der Waals surface area contributed by atoms with Crippen molar-refractivity contribution in [1.82, 2.24) is 10.3 Å². The van der Waals surface area contributed by atoms with Gasteiger partial charge >= 0.3 is 0 Å². The number of ether oxygens (including phenoxy) is 1. The molecule has 6 heteroatoms. The lowest BCUT2D eigenvalue weighted by molar-refractivity contribution is 0.0951. The number of rotatable bonds is 6. The molecule has 0 saturated heterocycles. The molecule has 2 aromatic rings. The summed E-state index contributed by atoms with van der Waals surface area (Å²) in [4.78, 5) is 25.0. The number of amides is 1. The van der Waals surface area contributed by atoms with Gasteiger partial charge in [0.15, 0.2) is 0 Å². The summed E-state index contributed by atoms with van der Waals surface area (Å²) < 4.78 is 18.1. The summed E-state index contributed by atoms with van der Waals surface area (Å²) in [6.45, 7) is 0.858. The third-order valence-corrected chi connectivity index (χ3v) is 2.74. The summed E-state index contributed by atoms with van der Waals surface area (Å²) >= 11 is 0. The molecule has 0 unspecified atom stereocenters. The fraction of sp³-hybridized carbons (Fsp3) is 0.200. The van der Waals surface area contributed by atoms with Gasteiger partial charge in [0.05, 0.1) is 12.2 Å². The highest BCUT2D eigenvalue weighted by Crippen LogP contribution is 2.10. The van der Waals surface area contributed by atoms with Gasteiger partial charge in [0.25, 0.3) is 5.91 Å². The summed E-state index contributed by atoms with van der Waals surface area (Å²) in [5.41, 5.74) is 0.147. The van der Waals surface area contributed by atoms with Crippen molar-refractivity contribution in [3.8, 4) is 5.75 Å². The van der Waals surface area contributed by atoms with E-state index in [4.69, 9.17) is 4.74 Å². The monoisotopic (exact) mass is 290 g/mol. The molecule has 21 heavy (non-hydrogen) atoms. The zero-order valence-electron chi connectivity index (χ0n) is 11.3. The molecule has 2 N–H and O–H groups in total. The van der Waals surface area contributed by atoms with Crippen LogP contribution >= 0.6 is 0 Å². The van der Waals surface area contributed by atoms with Crippen molar-refractivity contribution in [3.63, 3.8) is 0 Å². The second-order valence-electron chi connectivity index (χ2n) is 4.35. The molecule has 0 aliphatic rings. The minimum atomic E-state index is -0.310. The van der Waals surface area contributed by atoms with Gasteiger partial charge in [-0.15, -0.1) is 0 Å². The van der Waals surface area contributed by atoms with Gasteiger partial charge in [-0.2, -0.15) is 0 Å². The zero-order chi connectivity index (χ0) is 15.1. The minimum Gasteiger partial charge on any atom is -0.494 e. The van der Waals surface area contributed by atoms with Crippen LogP contribution in [0.25, 0.3) is 0 Å². The normalized spacial score (nSPS) is 10.1. The molecule has 0 spiro atoms. The number of carbonyl (C=O) groups excluding carboxylic acids is 1. The van der Waals surface area contributed by atoms with E-state index in [2.05, 4.69) is 10.3 Å². The quantitative estimate of drug-likeness (QED) is 0.796. The smallest absolute Gasteiger partial charge is 0.252 e. The predicted molar refractivity (Wildman–Crippen MR) is 75.9 cm³/mol. The molecule has 0 fully saturated rings. The number of pyridine rings is 1. The van der Waals surface area contributed by atoms with Gasteiger partial charge in [-0.3, -0.25) is 9.59 Å². The maximum Gasteiger partial charge on any atom is 0.252 e. The Bertz CT molecular complexity index is 632. The minimum absolute atomic E-state index is 0.251. The van der Waals surface area contributed by atoms with Crippen LogP contribution < -0.4 is 15.6 Å². The maximum atomic E-state index is 12.7. The molecule has 5 nitrogen and oxygen atoms in total. The van der Waals surface area contributed by atoms with E-state index in [0.717, 1.165) is 0 Å². The van der Waals surface area contributed by atoms with Gasteiger partial charge in [-0.1, -0.05) is 0 Å². The Hall–Kier alpha value is -2.63. The average Bonchev–Trinajstić information content (AvgIpc) is 2.49. The number of carbonyl (C=O) groups is 1. The van der Waals surface area contributed by atoms with Crippen LogP contribution in [0.15, 0.2) is 47.4 Å². The van der Waals surface area contributed by atoms with E-state index < -0.39 is 0 Å². The number of aromatic amines is 1. The predicted octanol–water partition coefficient (Wildman–Crippen LogP) is 1.71. The van der Waals surface area contributed by atoms with Crippen LogP contribution in [0.5, 0.6) is 5.75 Å². The molecule has 0 aliphatic carbocycles. The number of halogens is 1. The number of aromatic nitrogens is 1. The van der Waals surface area contributed by atoms with Gasteiger partial charge in [-0.25, -0.2) is 4.39 Å². The van der Waals surface area contributed by atoms with Crippen molar-refractivity contribution in [1.29, 1.82) is 0 Å². The van der Waals surface area contributed by atoms with Crippen molar-refractivity contribution in [2.45, 2.75) is 6.42 Å². The first kappa shape index (κ1) is 14.8. The fourth-order valence-corrected chi connectivity index (χ4v) is 1.65. The van der Waals surface area contributed by atoms with Gasteiger partial charge in [0.1, 0.15) is 11.6 Å². The number of H-pyrrole nitrogens is 1. The molecule has 0 aliphatic heterocycles. The van der Waals surface area contributed by atoms with E-state index >= 15 is 0 Å². The molecule has 0 radical (unpaired) electrons. The molecule has 0 atom stereocenters. The van der Waals surface area contributed by atoms with E-state index in [1.54, 1.807) is 12.1 Å². The summed E-state index contributed by atoms with van der Waals surface area (Å²) in [5, 5.41) is 2.71. The van der Waals surface area contributed by atoms with Crippen LogP contribution in [0, 0.1) is 5.82 Å². The Labute approximate surface area is 120 Å². The van der Waals surface area contributed by atoms with E-state index in [1.165, 1.54) is 30.5 Å². The Morgan fingerprint density at radius 2 is 1.95 bits per heavy atom. The topological polar surface area (TPSA) is 71.2 Å². The van der Waals surface area contributed by atoms with Gasteiger partial charge in [-0.05, 0) is 36.8 Å². The van der Waals surface area contributed by atoms with Crippen LogP contribution in [-0.4, -0.2) is 24.0 Å². The molecule has 1 aromatic heterocycles. The van der Waals surface area contributed by atoms with Gasteiger partial charge < -0.3 is 15.0 Å². The molecule has 0 bridgehead atoms. The first-order chi connectivity index (χ1) is 10.1. The highest BCUT2D eigenvalue weighted by molar-refractivity contribution is 5.93. The Kier molecular flexibility index (Phi) is 5.09. The molecule has 1 aromatic carbocycles. The van der Waals surface area contributed by atoms with E-state index in [-0.39, 0.29) is 17.3 Å². The lowest BCUT2D eigenvalue weighted by Gasteiger charge is -2.07. The standard InChI is InChI=1S/C15H15FN2O3/c16-12-3-5-13(6-4-12)21-9-1-8-17-15(20)11-2-7-14(19)18-10-11/h2-7,10H,1,8-9H2,(H,17,20)(H,18,19). The molecular formula is C15H15FN2O3.